The van der Waals surface area contributed by atoms with Crippen molar-refractivity contribution in [1.82, 2.24) is 0 Å². The Morgan fingerprint density at radius 3 is 0.500 bits per heavy atom. The van der Waals surface area contributed by atoms with Crippen LogP contribution in [0.2, 0.25) is 48.4 Å². The van der Waals surface area contributed by atoms with E-state index in [0.29, 0.717) is 0 Å². The van der Waals surface area contributed by atoms with Crippen molar-refractivity contribution in [2.45, 2.75) is 104 Å². The molecule has 0 unspecified atom stereocenters. The van der Waals surface area contributed by atoms with Crippen LogP contribution in [0.1, 0.15) is 55.4 Å². The van der Waals surface area contributed by atoms with Gasteiger partial charge in [-0.1, -0.05) is 104 Å². The van der Waals surface area contributed by atoms with Crippen molar-refractivity contribution in [1.29, 1.82) is 0 Å². The Morgan fingerprint density at radius 2 is 0.450 bits per heavy atom. The quantitative estimate of drug-likeness (QED) is 0.527. The standard InChI is InChI=1S/C16H40Si4/c1-13(2)17(9)18(10,14(3)4)20(12,16(7)8)19(17,11)15(5)6/h13-16H,1-12H3. The van der Waals surface area contributed by atoms with E-state index in [9.17, 15) is 0 Å². The van der Waals surface area contributed by atoms with Gasteiger partial charge in [-0.15, -0.1) is 0 Å². The van der Waals surface area contributed by atoms with Crippen LogP contribution in [0.4, 0.5) is 0 Å². The number of rotatable bonds is 4. The van der Waals surface area contributed by atoms with Crippen molar-refractivity contribution in [2.24, 2.45) is 0 Å². The molecule has 1 heterocycles. The van der Waals surface area contributed by atoms with E-state index in [-0.39, 0.29) is 0 Å². The second kappa shape index (κ2) is 5.20. The van der Waals surface area contributed by atoms with Gasteiger partial charge in [0.05, 0.1) is 0 Å². The molecule has 1 rings (SSSR count). The van der Waals surface area contributed by atoms with Crippen molar-refractivity contribution in [3.63, 3.8) is 0 Å². The first-order chi connectivity index (χ1) is 8.77. The summed E-state index contributed by atoms with van der Waals surface area (Å²) in [4.78, 5) is 0. The summed E-state index contributed by atoms with van der Waals surface area (Å²) in [6, 6.07) is 0. The van der Waals surface area contributed by atoms with E-state index >= 15 is 0 Å². The molecule has 120 valence electrons. The van der Waals surface area contributed by atoms with Gasteiger partial charge in [-0.2, -0.15) is 0 Å². The molecule has 0 atom stereocenters. The SMILES string of the molecule is CC(C)[Si]1(C)[Si](C)(C(C)C)[Si](C)(C(C)C)[Si]1(C)C(C)C. The topological polar surface area (TPSA) is 0 Å². The fourth-order valence-corrected chi connectivity index (χ4v) is 166. The van der Waals surface area contributed by atoms with Crippen LogP contribution in [-0.4, -0.2) is 28.4 Å². The lowest BCUT2D eigenvalue weighted by atomic mass is 10.6. The minimum absolute atomic E-state index is 1.01. The molecule has 0 bridgehead atoms. The van der Waals surface area contributed by atoms with Crippen molar-refractivity contribution < 1.29 is 0 Å². The second-order valence-corrected chi connectivity index (χ2v) is 54.6. The van der Waals surface area contributed by atoms with Gasteiger partial charge >= 0.3 is 0 Å². The molecular formula is C16H40Si4. The predicted octanol–water partition coefficient (Wildman–Crippen LogP) is 6.27. The third kappa shape index (κ3) is 1.63. The van der Waals surface area contributed by atoms with Crippen LogP contribution in [0.25, 0.3) is 0 Å². The first-order valence-electron chi connectivity index (χ1n) is 8.77. The van der Waals surface area contributed by atoms with Gasteiger partial charge in [-0.25, -0.2) is 0 Å². The minimum Gasteiger partial charge on any atom is -0.0731 e. The Balaban J connectivity index is 3.67. The minimum atomic E-state index is -1.07. The highest BCUT2D eigenvalue weighted by molar-refractivity contribution is 8.14. The zero-order valence-corrected chi connectivity index (χ0v) is 20.3. The first kappa shape index (κ1) is 18.9. The molecule has 0 radical (unpaired) electrons. The highest BCUT2D eigenvalue weighted by Gasteiger charge is 2.84. The highest BCUT2D eigenvalue weighted by atomic mass is 30.2. The van der Waals surface area contributed by atoms with Crippen LogP contribution in [0.15, 0.2) is 0 Å². The molecule has 0 aromatic carbocycles. The summed E-state index contributed by atoms with van der Waals surface area (Å²) >= 11 is 0. The molecular weight excluding hydrogens is 305 g/mol. The monoisotopic (exact) mass is 344 g/mol. The highest BCUT2D eigenvalue weighted by Crippen LogP contribution is 2.66. The summed E-state index contributed by atoms with van der Waals surface area (Å²) in [5.41, 5.74) is 4.06. The van der Waals surface area contributed by atoms with Crippen LogP contribution in [0, 0.1) is 0 Å². The van der Waals surface area contributed by atoms with Gasteiger partial charge in [0.1, 0.15) is 0 Å². The van der Waals surface area contributed by atoms with Gasteiger partial charge in [0.25, 0.3) is 0 Å². The zero-order valence-electron chi connectivity index (χ0n) is 16.3. The van der Waals surface area contributed by atoms with Crippen LogP contribution in [-0.2, 0) is 0 Å². The smallest absolute Gasteiger partial charge is 0.0372 e. The Bertz CT molecular complexity index is 291. The zero-order chi connectivity index (χ0) is 16.3. The molecule has 0 nitrogen and oxygen atoms in total. The molecule has 1 aliphatic rings. The molecule has 1 fully saturated rings. The van der Waals surface area contributed by atoms with E-state index in [1.54, 1.807) is 0 Å². The fraction of sp³-hybridized carbons (Fsp3) is 1.00. The van der Waals surface area contributed by atoms with Gasteiger partial charge in [0.2, 0.25) is 0 Å². The largest absolute Gasteiger partial charge is 0.0731 e. The molecule has 4 heteroatoms. The Morgan fingerprint density at radius 1 is 0.350 bits per heavy atom. The van der Waals surface area contributed by atoms with E-state index in [4.69, 9.17) is 0 Å². The van der Waals surface area contributed by atoms with Crippen molar-refractivity contribution >= 4 is 28.4 Å². The summed E-state index contributed by atoms with van der Waals surface area (Å²) in [6.45, 7) is 32.3. The molecule has 0 spiro atoms. The van der Waals surface area contributed by atoms with Crippen LogP contribution < -0.4 is 0 Å². The average Bonchev–Trinajstić information content (AvgIpc) is 2.33. The Hall–Kier alpha value is 0.868. The van der Waals surface area contributed by atoms with Crippen molar-refractivity contribution in [3.8, 4) is 0 Å². The summed E-state index contributed by atoms with van der Waals surface area (Å²) in [6.07, 6.45) is 0. The van der Waals surface area contributed by atoms with E-state index in [1.807, 2.05) is 0 Å². The van der Waals surface area contributed by atoms with Crippen molar-refractivity contribution in [3.05, 3.63) is 0 Å². The summed E-state index contributed by atoms with van der Waals surface area (Å²) in [5.74, 6) is 0. The summed E-state index contributed by atoms with van der Waals surface area (Å²) in [5, 5.41) is 0. The van der Waals surface area contributed by atoms with Crippen LogP contribution >= 0.6 is 0 Å². The number of hydrogen-bond acceptors (Lipinski definition) is 0. The fourth-order valence-electron chi connectivity index (χ4n) is 6.89. The van der Waals surface area contributed by atoms with Crippen LogP contribution in [0.3, 0.4) is 0 Å². The third-order valence-corrected chi connectivity index (χ3v) is 113. The maximum Gasteiger partial charge on any atom is 0.0372 e. The maximum atomic E-state index is 2.88. The third-order valence-electron chi connectivity index (χ3n) is 8.93. The van der Waals surface area contributed by atoms with Gasteiger partial charge in [-0.05, 0) is 0 Å². The first-order valence-corrected chi connectivity index (χ1v) is 23.1. The maximum absolute atomic E-state index is 2.88. The molecule has 0 amide bonds. The van der Waals surface area contributed by atoms with Gasteiger partial charge in [0, 0.05) is 28.4 Å². The molecule has 1 saturated heterocycles. The normalized spacial score (nSPS) is 45.6. The molecule has 0 aliphatic carbocycles. The molecule has 0 aromatic rings. The van der Waals surface area contributed by atoms with E-state index in [2.05, 4.69) is 81.6 Å². The molecule has 1 aliphatic heterocycles. The van der Waals surface area contributed by atoms with Gasteiger partial charge < -0.3 is 0 Å². The Kier molecular flexibility index (Phi) is 4.92. The lowest BCUT2D eigenvalue weighted by Gasteiger charge is -2.82. The van der Waals surface area contributed by atoms with E-state index < -0.39 is 28.4 Å². The average molecular weight is 345 g/mol. The predicted molar refractivity (Wildman–Crippen MR) is 107 cm³/mol. The Labute approximate surface area is 132 Å². The van der Waals surface area contributed by atoms with Crippen LogP contribution in [0.5, 0.6) is 0 Å². The molecule has 0 saturated carbocycles. The number of hydrogen-bond donors (Lipinski definition) is 0. The second-order valence-electron chi connectivity index (χ2n) is 9.43. The van der Waals surface area contributed by atoms with Gasteiger partial charge in [-0.3, -0.25) is 0 Å². The van der Waals surface area contributed by atoms with E-state index in [1.165, 1.54) is 0 Å². The lowest BCUT2D eigenvalue weighted by Crippen LogP contribution is -3.06. The lowest BCUT2D eigenvalue weighted by molar-refractivity contribution is 0.954. The van der Waals surface area contributed by atoms with Crippen molar-refractivity contribution in [2.75, 3.05) is 0 Å². The molecule has 0 N–H and O–H groups in total. The molecule has 0 aromatic heterocycles. The van der Waals surface area contributed by atoms with Gasteiger partial charge in [0.15, 0.2) is 0 Å². The summed E-state index contributed by atoms with van der Waals surface area (Å²) in [7, 11) is -4.27. The molecule has 20 heavy (non-hydrogen) atoms. The van der Waals surface area contributed by atoms with E-state index in [0.717, 1.165) is 22.2 Å². The summed E-state index contributed by atoms with van der Waals surface area (Å²) < 4.78 is 0.